The highest BCUT2D eigenvalue weighted by atomic mass is 14.1. The van der Waals surface area contributed by atoms with Crippen LogP contribution in [0.4, 0.5) is 0 Å². The summed E-state index contributed by atoms with van der Waals surface area (Å²) in [5.74, 6) is 0. The molecule has 0 heteroatoms. The van der Waals surface area contributed by atoms with E-state index >= 15 is 0 Å². The molecule has 1 rings (SSSR count). The van der Waals surface area contributed by atoms with Gasteiger partial charge in [0.2, 0.25) is 0 Å². The van der Waals surface area contributed by atoms with Crippen LogP contribution in [0.15, 0.2) is 12.1 Å². The first kappa shape index (κ1) is 33.2. The summed E-state index contributed by atoms with van der Waals surface area (Å²) in [4.78, 5) is 0. The maximum Gasteiger partial charge on any atom is -0.0114 e. The molecule has 0 aromatic heterocycles. The van der Waals surface area contributed by atoms with E-state index in [9.17, 15) is 0 Å². The second kappa shape index (κ2) is 25.9. The largest absolute Gasteiger partial charge is 0.0654 e. The van der Waals surface area contributed by atoms with Gasteiger partial charge in [-0.25, -0.2) is 0 Å². The van der Waals surface area contributed by atoms with Crippen LogP contribution in [0.3, 0.4) is 0 Å². The fraction of sp³-hybridized carbons (Fsp3) is 0.833. The second-order valence-corrected chi connectivity index (χ2v) is 11.7. The van der Waals surface area contributed by atoms with E-state index in [1.165, 1.54) is 184 Å². The Morgan fingerprint density at radius 3 is 0.972 bits per heavy atom. The average Bonchev–Trinajstić information content (AvgIpc) is 2.89. The van der Waals surface area contributed by atoms with Crippen LogP contribution in [-0.4, -0.2) is 0 Å². The number of rotatable bonds is 27. The Bertz CT molecular complexity index is 478. The van der Waals surface area contributed by atoms with Crippen LogP contribution in [-0.2, 0) is 19.3 Å². The molecular weight excluding hydrogens is 432 g/mol. The molecule has 1 aromatic rings. The van der Waals surface area contributed by atoms with Crippen LogP contribution in [0.2, 0.25) is 0 Å². The fourth-order valence-electron chi connectivity index (χ4n) is 5.54. The standard InChI is InChI=1S/C36H65/c1-4-7-10-13-16-19-22-25-28-34-31-35(29-26-23-20-17-14-11-8-5-2)33-36(32-34)30-27-24-21-18-15-12-9-6-3/h31-32H,4-30H2,1-3H3. The summed E-state index contributed by atoms with van der Waals surface area (Å²) in [6.45, 7) is 6.92. The SMILES string of the molecule is CCCCCCCCCCc1[c]c(CCCCCCCCCC)cc(CCCCCCCCCC)c1. The minimum Gasteiger partial charge on any atom is -0.0654 e. The van der Waals surface area contributed by atoms with Gasteiger partial charge in [0, 0.05) is 0 Å². The fourth-order valence-corrected chi connectivity index (χ4v) is 5.54. The molecule has 0 saturated heterocycles. The number of unbranched alkanes of at least 4 members (excludes halogenated alkanes) is 21. The topological polar surface area (TPSA) is 0 Å². The van der Waals surface area contributed by atoms with Gasteiger partial charge in [-0.05, 0) is 61.3 Å². The monoisotopic (exact) mass is 498 g/mol. The molecule has 0 heterocycles. The van der Waals surface area contributed by atoms with Gasteiger partial charge in [0.15, 0.2) is 0 Å². The highest BCUT2D eigenvalue weighted by Crippen LogP contribution is 2.19. The zero-order valence-electron chi connectivity index (χ0n) is 25.2. The van der Waals surface area contributed by atoms with Gasteiger partial charge in [-0.15, -0.1) is 0 Å². The molecule has 209 valence electrons. The maximum atomic E-state index is 3.85. The number of hydrogen-bond acceptors (Lipinski definition) is 0. The second-order valence-electron chi connectivity index (χ2n) is 11.7. The van der Waals surface area contributed by atoms with Crippen molar-refractivity contribution >= 4 is 0 Å². The molecule has 0 nitrogen and oxygen atoms in total. The van der Waals surface area contributed by atoms with Crippen molar-refractivity contribution in [1.82, 2.24) is 0 Å². The van der Waals surface area contributed by atoms with Gasteiger partial charge >= 0.3 is 0 Å². The van der Waals surface area contributed by atoms with Crippen molar-refractivity contribution in [1.29, 1.82) is 0 Å². The molecule has 0 spiro atoms. The first-order valence-corrected chi connectivity index (χ1v) is 16.8. The van der Waals surface area contributed by atoms with E-state index in [1.807, 2.05) is 0 Å². The van der Waals surface area contributed by atoms with Gasteiger partial charge in [-0.1, -0.05) is 168 Å². The molecule has 0 bridgehead atoms. The third kappa shape index (κ3) is 20.3. The van der Waals surface area contributed by atoms with E-state index < -0.39 is 0 Å². The van der Waals surface area contributed by atoms with Crippen LogP contribution in [0.1, 0.15) is 192 Å². The first-order valence-electron chi connectivity index (χ1n) is 16.8. The average molecular weight is 498 g/mol. The molecule has 0 fully saturated rings. The Morgan fingerprint density at radius 1 is 0.361 bits per heavy atom. The van der Waals surface area contributed by atoms with Crippen LogP contribution in [0.5, 0.6) is 0 Å². The molecule has 0 unspecified atom stereocenters. The molecule has 0 aliphatic heterocycles. The molecular formula is C36H65. The molecule has 0 amide bonds. The summed E-state index contributed by atoms with van der Waals surface area (Å²) in [5.41, 5.74) is 4.61. The third-order valence-corrected chi connectivity index (χ3v) is 7.96. The van der Waals surface area contributed by atoms with Crippen LogP contribution in [0.25, 0.3) is 0 Å². The quantitative estimate of drug-likeness (QED) is 0.106. The zero-order valence-corrected chi connectivity index (χ0v) is 25.2. The summed E-state index contributed by atoms with van der Waals surface area (Å²) in [5, 5.41) is 0. The number of hydrogen-bond donors (Lipinski definition) is 0. The minimum atomic E-state index is 1.24. The van der Waals surface area contributed by atoms with Gasteiger partial charge < -0.3 is 0 Å². The van der Waals surface area contributed by atoms with E-state index in [0.29, 0.717) is 0 Å². The smallest absolute Gasteiger partial charge is 0.0114 e. The summed E-state index contributed by atoms with van der Waals surface area (Å²) in [6, 6.07) is 8.88. The van der Waals surface area contributed by atoms with Crippen molar-refractivity contribution in [3.63, 3.8) is 0 Å². The lowest BCUT2D eigenvalue weighted by molar-refractivity contribution is 0.572. The maximum absolute atomic E-state index is 3.85. The van der Waals surface area contributed by atoms with E-state index in [4.69, 9.17) is 0 Å². The molecule has 0 saturated carbocycles. The predicted octanol–water partition coefficient (Wildman–Crippen LogP) is 12.5. The summed E-state index contributed by atoms with van der Waals surface area (Å²) in [7, 11) is 0. The van der Waals surface area contributed by atoms with Crippen molar-refractivity contribution in [2.45, 2.75) is 194 Å². The van der Waals surface area contributed by atoms with Crippen molar-refractivity contribution in [3.05, 3.63) is 34.9 Å². The van der Waals surface area contributed by atoms with Gasteiger partial charge in [-0.3, -0.25) is 0 Å². The Kier molecular flexibility index (Phi) is 23.9. The van der Waals surface area contributed by atoms with Crippen molar-refractivity contribution < 1.29 is 0 Å². The highest BCUT2D eigenvalue weighted by Gasteiger charge is 2.04. The van der Waals surface area contributed by atoms with E-state index in [-0.39, 0.29) is 0 Å². The highest BCUT2D eigenvalue weighted by molar-refractivity contribution is 5.29. The van der Waals surface area contributed by atoms with E-state index in [1.54, 1.807) is 5.56 Å². The summed E-state index contributed by atoms with van der Waals surface area (Å²) in [6.07, 6.45) is 37.6. The molecule has 0 atom stereocenters. The van der Waals surface area contributed by atoms with Gasteiger partial charge in [0.05, 0.1) is 0 Å². The molecule has 1 radical (unpaired) electrons. The number of benzene rings is 1. The third-order valence-electron chi connectivity index (χ3n) is 7.96. The van der Waals surface area contributed by atoms with E-state index in [0.717, 1.165) is 0 Å². The summed E-state index contributed by atoms with van der Waals surface area (Å²) >= 11 is 0. The summed E-state index contributed by atoms with van der Waals surface area (Å²) < 4.78 is 0. The minimum absolute atomic E-state index is 1.24. The van der Waals surface area contributed by atoms with E-state index in [2.05, 4.69) is 39.0 Å². The Labute approximate surface area is 228 Å². The molecule has 0 aliphatic carbocycles. The van der Waals surface area contributed by atoms with Crippen molar-refractivity contribution in [3.8, 4) is 0 Å². The normalized spacial score (nSPS) is 11.4. The number of aryl methyl sites for hydroxylation is 3. The first-order chi connectivity index (χ1) is 17.8. The van der Waals surface area contributed by atoms with Crippen molar-refractivity contribution in [2.24, 2.45) is 0 Å². The molecule has 0 aliphatic rings. The lowest BCUT2D eigenvalue weighted by Gasteiger charge is -2.11. The van der Waals surface area contributed by atoms with Crippen molar-refractivity contribution in [2.75, 3.05) is 0 Å². The molecule has 0 N–H and O–H groups in total. The van der Waals surface area contributed by atoms with Crippen LogP contribution in [0, 0.1) is 6.07 Å². The van der Waals surface area contributed by atoms with Crippen LogP contribution >= 0.6 is 0 Å². The zero-order chi connectivity index (χ0) is 25.9. The Balaban J connectivity index is 2.40. The lowest BCUT2D eigenvalue weighted by atomic mass is 9.95. The Morgan fingerprint density at radius 2 is 0.639 bits per heavy atom. The molecule has 36 heavy (non-hydrogen) atoms. The predicted molar refractivity (Wildman–Crippen MR) is 164 cm³/mol. The van der Waals surface area contributed by atoms with Gasteiger partial charge in [0.25, 0.3) is 0 Å². The van der Waals surface area contributed by atoms with Gasteiger partial charge in [-0.2, -0.15) is 0 Å². The molecule has 1 aromatic carbocycles. The van der Waals surface area contributed by atoms with Crippen LogP contribution < -0.4 is 0 Å². The lowest BCUT2D eigenvalue weighted by Crippen LogP contribution is -1.97. The van der Waals surface area contributed by atoms with Gasteiger partial charge in [0.1, 0.15) is 0 Å². The Hall–Kier alpha value is -0.780.